The first-order chi connectivity index (χ1) is 7.69. The molecule has 1 aliphatic rings. The van der Waals surface area contributed by atoms with Crippen molar-refractivity contribution < 1.29 is 9.59 Å². The highest BCUT2D eigenvalue weighted by Crippen LogP contribution is 2.24. The number of allylic oxidation sites excluding steroid dienone is 1. The molecule has 0 aliphatic carbocycles. The van der Waals surface area contributed by atoms with Crippen molar-refractivity contribution in [2.24, 2.45) is 0 Å². The van der Waals surface area contributed by atoms with E-state index in [2.05, 4.69) is 5.32 Å². The summed E-state index contributed by atoms with van der Waals surface area (Å²) in [4.78, 5) is 22.1. The Morgan fingerprint density at radius 3 is 3.06 bits per heavy atom. The van der Waals surface area contributed by atoms with E-state index in [-0.39, 0.29) is 17.6 Å². The third kappa shape index (κ3) is 2.31. The van der Waals surface area contributed by atoms with Crippen LogP contribution in [0.1, 0.15) is 11.1 Å². The molecule has 0 bridgehead atoms. The number of benzene rings is 1. The Balaban J connectivity index is 2.20. The minimum absolute atomic E-state index is 0.00737. The Labute approximate surface area is 98.1 Å². The van der Waals surface area contributed by atoms with E-state index < -0.39 is 0 Å². The average molecular weight is 236 g/mol. The van der Waals surface area contributed by atoms with Crippen LogP contribution in [0.2, 0.25) is 0 Å². The lowest BCUT2D eigenvalue weighted by Crippen LogP contribution is -2.03. The van der Waals surface area contributed by atoms with Gasteiger partial charge in [-0.25, -0.2) is 0 Å². The zero-order valence-corrected chi connectivity index (χ0v) is 9.25. The Morgan fingerprint density at radius 2 is 2.31 bits per heavy atom. The van der Waals surface area contributed by atoms with Gasteiger partial charge in [-0.1, -0.05) is 12.1 Å². The fourth-order valence-corrected chi connectivity index (χ4v) is 1.68. The minimum atomic E-state index is -0.128. The molecular weight excluding hydrogens is 226 g/mol. The molecule has 3 nitrogen and oxygen atoms in total. The summed E-state index contributed by atoms with van der Waals surface area (Å²) in [5.74, 6) is -0.133. The highest BCUT2D eigenvalue weighted by Gasteiger charge is 2.16. The zero-order chi connectivity index (χ0) is 11.5. The van der Waals surface area contributed by atoms with Crippen LogP contribution in [0.25, 0.3) is 6.08 Å². The van der Waals surface area contributed by atoms with E-state index in [0.717, 1.165) is 16.8 Å². The first kappa shape index (κ1) is 10.9. The van der Waals surface area contributed by atoms with E-state index in [4.69, 9.17) is 11.6 Å². The van der Waals surface area contributed by atoms with Crippen molar-refractivity contribution in [3.05, 3.63) is 35.4 Å². The molecule has 1 aliphatic heterocycles. The Morgan fingerprint density at radius 1 is 1.50 bits per heavy atom. The number of hydrogen-bond donors (Lipinski definition) is 1. The second-order valence-corrected chi connectivity index (χ2v) is 3.84. The summed E-state index contributed by atoms with van der Waals surface area (Å²) >= 11 is 5.38. The van der Waals surface area contributed by atoms with Crippen LogP contribution >= 0.6 is 11.6 Å². The highest BCUT2D eigenvalue weighted by molar-refractivity contribution is 6.29. The third-order valence-electron chi connectivity index (χ3n) is 2.35. The smallest absolute Gasteiger partial charge is 0.228 e. The number of hydrogen-bond acceptors (Lipinski definition) is 2. The summed E-state index contributed by atoms with van der Waals surface area (Å²) in [6.07, 6.45) is 3.55. The van der Waals surface area contributed by atoms with Gasteiger partial charge < -0.3 is 5.32 Å². The van der Waals surface area contributed by atoms with E-state index in [1.54, 1.807) is 6.08 Å². The summed E-state index contributed by atoms with van der Waals surface area (Å²) in [7, 11) is 0. The van der Waals surface area contributed by atoms with E-state index in [0.29, 0.717) is 6.42 Å². The maximum absolute atomic E-state index is 11.1. The van der Waals surface area contributed by atoms with Gasteiger partial charge in [0.25, 0.3) is 0 Å². The maximum atomic E-state index is 11.1. The first-order valence-electron chi connectivity index (χ1n) is 4.88. The monoisotopic (exact) mass is 235 g/mol. The van der Waals surface area contributed by atoms with Gasteiger partial charge in [0.2, 0.25) is 5.91 Å². The predicted molar refractivity (Wildman–Crippen MR) is 63.5 cm³/mol. The van der Waals surface area contributed by atoms with Crippen LogP contribution in [-0.2, 0) is 16.0 Å². The molecule has 0 aromatic heterocycles. The number of halogens is 1. The fraction of sp³-hybridized carbons (Fsp3) is 0.167. The minimum Gasteiger partial charge on any atom is -0.326 e. The molecule has 4 heteroatoms. The molecule has 82 valence electrons. The largest absolute Gasteiger partial charge is 0.326 e. The molecule has 1 aromatic rings. The van der Waals surface area contributed by atoms with E-state index in [9.17, 15) is 9.59 Å². The maximum Gasteiger partial charge on any atom is 0.228 e. The van der Waals surface area contributed by atoms with Gasteiger partial charge in [-0.15, -0.1) is 11.6 Å². The van der Waals surface area contributed by atoms with Crippen LogP contribution in [0, 0.1) is 0 Å². The number of ketones is 1. The number of nitrogens with one attached hydrogen (secondary N) is 1. The fourth-order valence-electron chi connectivity index (χ4n) is 1.59. The quantitative estimate of drug-likeness (QED) is 0.644. The molecule has 1 heterocycles. The lowest BCUT2D eigenvalue weighted by Gasteiger charge is -1.99. The van der Waals surface area contributed by atoms with Crippen molar-refractivity contribution in [3.8, 4) is 0 Å². The van der Waals surface area contributed by atoms with Gasteiger partial charge in [-0.2, -0.15) is 0 Å². The number of amides is 1. The van der Waals surface area contributed by atoms with Crippen molar-refractivity contribution >= 4 is 35.1 Å². The van der Waals surface area contributed by atoms with Gasteiger partial charge in [0.15, 0.2) is 5.78 Å². The van der Waals surface area contributed by atoms with Crippen LogP contribution in [-0.4, -0.2) is 17.6 Å². The second kappa shape index (κ2) is 4.49. The van der Waals surface area contributed by atoms with Crippen LogP contribution < -0.4 is 5.32 Å². The summed E-state index contributed by atoms with van der Waals surface area (Å²) in [6, 6.07) is 5.58. The van der Waals surface area contributed by atoms with Crippen LogP contribution in [0.5, 0.6) is 0 Å². The van der Waals surface area contributed by atoms with Crippen LogP contribution in [0.3, 0.4) is 0 Å². The molecule has 0 spiro atoms. The third-order valence-corrected chi connectivity index (χ3v) is 2.61. The number of carbonyl (C=O) groups excluding carboxylic acids is 2. The van der Waals surface area contributed by atoms with Crippen molar-refractivity contribution in [2.45, 2.75) is 6.42 Å². The Hall–Kier alpha value is -1.61. The summed E-state index contributed by atoms with van der Waals surface area (Å²) in [6.45, 7) is 0. The highest BCUT2D eigenvalue weighted by atomic mass is 35.5. The predicted octanol–water partition coefficient (Wildman–Crippen LogP) is 2.00. The van der Waals surface area contributed by atoms with E-state index >= 15 is 0 Å². The van der Waals surface area contributed by atoms with Gasteiger partial charge in [0, 0.05) is 5.69 Å². The normalized spacial score (nSPS) is 13.9. The second-order valence-electron chi connectivity index (χ2n) is 3.57. The molecule has 2 rings (SSSR count). The standard InChI is InChI=1S/C12H10ClNO2/c13-7-10(15)3-1-8-2-4-11-9(5-8)6-12(16)14-11/h1-5H,6-7H2,(H,14,16). The molecule has 1 N–H and O–H groups in total. The number of fused-ring (bicyclic) bond motifs is 1. The van der Waals surface area contributed by atoms with Gasteiger partial charge in [0.05, 0.1) is 12.3 Å². The molecule has 1 amide bonds. The number of alkyl halides is 1. The molecule has 0 saturated heterocycles. The van der Waals surface area contributed by atoms with Gasteiger partial charge in [0.1, 0.15) is 0 Å². The molecule has 0 unspecified atom stereocenters. The average Bonchev–Trinajstić information content (AvgIpc) is 2.65. The molecule has 0 atom stereocenters. The molecule has 16 heavy (non-hydrogen) atoms. The van der Waals surface area contributed by atoms with Gasteiger partial charge >= 0.3 is 0 Å². The van der Waals surface area contributed by atoms with Crippen molar-refractivity contribution in [1.29, 1.82) is 0 Å². The zero-order valence-electron chi connectivity index (χ0n) is 8.50. The summed E-state index contributed by atoms with van der Waals surface area (Å²) < 4.78 is 0. The topological polar surface area (TPSA) is 46.2 Å². The number of anilines is 1. The number of rotatable bonds is 3. The lowest BCUT2D eigenvalue weighted by molar-refractivity contribution is -0.115. The summed E-state index contributed by atoms with van der Waals surface area (Å²) in [5.41, 5.74) is 2.71. The van der Waals surface area contributed by atoms with E-state index in [1.165, 1.54) is 6.08 Å². The Kier molecular flexibility index (Phi) is 3.06. The van der Waals surface area contributed by atoms with Crippen molar-refractivity contribution in [2.75, 3.05) is 11.2 Å². The van der Waals surface area contributed by atoms with Crippen molar-refractivity contribution in [1.82, 2.24) is 0 Å². The summed E-state index contributed by atoms with van der Waals surface area (Å²) in [5, 5.41) is 2.75. The van der Waals surface area contributed by atoms with Crippen LogP contribution in [0.4, 0.5) is 5.69 Å². The molecule has 0 fully saturated rings. The van der Waals surface area contributed by atoms with Crippen LogP contribution in [0.15, 0.2) is 24.3 Å². The van der Waals surface area contributed by atoms with Crippen molar-refractivity contribution in [3.63, 3.8) is 0 Å². The molecule has 0 radical (unpaired) electrons. The molecule has 0 saturated carbocycles. The lowest BCUT2D eigenvalue weighted by atomic mass is 10.1. The number of carbonyl (C=O) groups is 2. The van der Waals surface area contributed by atoms with Gasteiger partial charge in [-0.05, 0) is 29.3 Å². The molecular formula is C12H10ClNO2. The molecule has 1 aromatic carbocycles. The van der Waals surface area contributed by atoms with E-state index in [1.807, 2.05) is 18.2 Å². The first-order valence-corrected chi connectivity index (χ1v) is 5.42. The Bertz CT molecular complexity index is 480. The van der Waals surface area contributed by atoms with Gasteiger partial charge in [-0.3, -0.25) is 9.59 Å². The SMILES string of the molecule is O=C(C=Cc1ccc2c(c1)CC(=O)N2)CCl.